The third-order valence-corrected chi connectivity index (χ3v) is 3.23. The van der Waals surface area contributed by atoms with Crippen LogP contribution in [0, 0.1) is 5.92 Å². The van der Waals surface area contributed by atoms with Crippen LogP contribution < -0.4 is 10.1 Å². The van der Waals surface area contributed by atoms with E-state index in [1.165, 1.54) is 0 Å². The topological polar surface area (TPSA) is 64.6 Å². The fraction of sp³-hybridized carbons (Fsp3) is 0.263. The van der Waals surface area contributed by atoms with Gasteiger partial charge in [0.15, 0.2) is 6.10 Å². The molecule has 0 radical (unpaired) electrons. The highest BCUT2D eigenvalue weighted by Crippen LogP contribution is 2.22. The molecule has 0 heterocycles. The first kappa shape index (κ1) is 17.5. The van der Waals surface area contributed by atoms with Gasteiger partial charge in [0.05, 0.1) is 5.92 Å². The molecular formula is C19H21NO4. The molecule has 0 saturated heterocycles. The van der Waals surface area contributed by atoms with Crippen LogP contribution in [0.25, 0.3) is 0 Å². The minimum atomic E-state index is -0.847. The molecule has 24 heavy (non-hydrogen) atoms. The van der Waals surface area contributed by atoms with E-state index in [0.29, 0.717) is 11.4 Å². The number of nitrogens with one attached hydrogen (secondary N) is 1. The number of para-hydroxylation sites is 1. The predicted molar refractivity (Wildman–Crippen MR) is 92.0 cm³/mol. The summed E-state index contributed by atoms with van der Waals surface area (Å²) in [7, 11) is 0. The van der Waals surface area contributed by atoms with Gasteiger partial charge in [-0.15, -0.1) is 0 Å². The second-order valence-corrected chi connectivity index (χ2v) is 5.66. The highest BCUT2D eigenvalue weighted by atomic mass is 16.5. The summed E-state index contributed by atoms with van der Waals surface area (Å²) in [6.07, 6.45) is -0.847. The van der Waals surface area contributed by atoms with Crippen LogP contribution in [0.5, 0.6) is 11.5 Å². The molecule has 0 bridgehead atoms. The Morgan fingerprint density at radius 2 is 1.46 bits per heavy atom. The molecule has 1 N–H and O–H groups in total. The Balaban J connectivity index is 1.91. The van der Waals surface area contributed by atoms with Gasteiger partial charge in [0.1, 0.15) is 11.5 Å². The van der Waals surface area contributed by atoms with Gasteiger partial charge in [0, 0.05) is 5.69 Å². The van der Waals surface area contributed by atoms with E-state index in [0.717, 1.165) is 5.75 Å². The summed E-state index contributed by atoms with van der Waals surface area (Å²) in [5, 5.41) is 2.71. The summed E-state index contributed by atoms with van der Waals surface area (Å²) >= 11 is 0. The lowest BCUT2D eigenvalue weighted by atomic mass is 10.2. The van der Waals surface area contributed by atoms with E-state index >= 15 is 0 Å². The molecular weight excluding hydrogens is 306 g/mol. The molecule has 5 nitrogen and oxygen atoms in total. The molecule has 0 spiro atoms. The standard InChI is InChI=1S/C19H21NO4/c1-13(2)19(22)23-14(3)18(21)20-15-9-11-17(12-10-15)24-16-7-5-4-6-8-16/h4-14H,1-3H3,(H,20,21)/t14-/m1/s1. The fourth-order valence-electron chi connectivity index (χ4n) is 1.84. The van der Waals surface area contributed by atoms with Crippen molar-refractivity contribution in [1.29, 1.82) is 0 Å². The quantitative estimate of drug-likeness (QED) is 0.814. The molecule has 0 fully saturated rings. The first-order chi connectivity index (χ1) is 11.5. The third kappa shape index (κ3) is 5.12. The molecule has 126 valence electrons. The van der Waals surface area contributed by atoms with Crippen LogP contribution in [0.2, 0.25) is 0 Å². The number of esters is 1. The fourth-order valence-corrected chi connectivity index (χ4v) is 1.84. The maximum atomic E-state index is 12.0. The van der Waals surface area contributed by atoms with Crippen LogP contribution in [-0.2, 0) is 14.3 Å². The van der Waals surface area contributed by atoms with Crippen LogP contribution >= 0.6 is 0 Å². The Bertz CT molecular complexity index is 680. The van der Waals surface area contributed by atoms with Crippen molar-refractivity contribution in [2.45, 2.75) is 26.9 Å². The number of carbonyl (C=O) groups excluding carboxylic acids is 2. The van der Waals surface area contributed by atoms with E-state index in [9.17, 15) is 9.59 Å². The molecule has 0 aliphatic heterocycles. The van der Waals surface area contributed by atoms with Gasteiger partial charge in [-0.05, 0) is 43.3 Å². The smallest absolute Gasteiger partial charge is 0.309 e. The third-order valence-electron chi connectivity index (χ3n) is 3.23. The molecule has 0 aliphatic rings. The number of amides is 1. The van der Waals surface area contributed by atoms with E-state index < -0.39 is 12.1 Å². The highest BCUT2D eigenvalue weighted by molar-refractivity contribution is 5.95. The number of rotatable bonds is 6. The summed E-state index contributed by atoms with van der Waals surface area (Å²) in [5.41, 5.74) is 0.604. The summed E-state index contributed by atoms with van der Waals surface area (Å²) in [6, 6.07) is 16.4. The Kier molecular flexibility index (Phi) is 5.95. The number of carbonyl (C=O) groups is 2. The van der Waals surface area contributed by atoms with E-state index in [2.05, 4.69) is 5.32 Å². The van der Waals surface area contributed by atoms with Crippen LogP contribution in [0.15, 0.2) is 54.6 Å². The Hall–Kier alpha value is -2.82. The van der Waals surface area contributed by atoms with Gasteiger partial charge in [0.2, 0.25) is 0 Å². The minimum Gasteiger partial charge on any atom is -0.457 e. The normalized spacial score (nSPS) is 11.7. The van der Waals surface area contributed by atoms with Gasteiger partial charge in [0.25, 0.3) is 5.91 Å². The molecule has 0 aromatic heterocycles. The van der Waals surface area contributed by atoms with Gasteiger partial charge in [-0.1, -0.05) is 32.0 Å². The number of benzene rings is 2. The summed E-state index contributed by atoms with van der Waals surface area (Å²) in [6.45, 7) is 4.99. The maximum Gasteiger partial charge on any atom is 0.309 e. The molecule has 0 aliphatic carbocycles. The average Bonchev–Trinajstić information content (AvgIpc) is 2.57. The molecule has 2 aromatic rings. The van der Waals surface area contributed by atoms with E-state index in [-0.39, 0.29) is 11.8 Å². The van der Waals surface area contributed by atoms with E-state index in [4.69, 9.17) is 9.47 Å². The van der Waals surface area contributed by atoms with Crippen molar-refractivity contribution in [3.05, 3.63) is 54.6 Å². The largest absolute Gasteiger partial charge is 0.457 e. The molecule has 2 rings (SSSR count). The Morgan fingerprint density at radius 1 is 0.875 bits per heavy atom. The zero-order valence-electron chi connectivity index (χ0n) is 14.0. The van der Waals surface area contributed by atoms with Crippen molar-refractivity contribution < 1.29 is 19.1 Å². The highest BCUT2D eigenvalue weighted by Gasteiger charge is 2.19. The zero-order valence-corrected chi connectivity index (χ0v) is 14.0. The second kappa shape index (κ2) is 8.15. The van der Waals surface area contributed by atoms with Crippen molar-refractivity contribution in [3.63, 3.8) is 0 Å². The maximum absolute atomic E-state index is 12.0. The van der Waals surface area contributed by atoms with Crippen LogP contribution in [-0.4, -0.2) is 18.0 Å². The van der Waals surface area contributed by atoms with Crippen molar-refractivity contribution in [2.75, 3.05) is 5.32 Å². The van der Waals surface area contributed by atoms with Gasteiger partial charge in [-0.2, -0.15) is 0 Å². The molecule has 2 aromatic carbocycles. The first-order valence-electron chi connectivity index (χ1n) is 7.80. The van der Waals surface area contributed by atoms with Crippen molar-refractivity contribution >= 4 is 17.6 Å². The van der Waals surface area contributed by atoms with Crippen molar-refractivity contribution in [1.82, 2.24) is 0 Å². The molecule has 5 heteroatoms. The SMILES string of the molecule is CC(C)C(=O)O[C@H](C)C(=O)Nc1ccc(Oc2ccccc2)cc1. The summed E-state index contributed by atoms with van der Waals surface area (Å²) in [5.74, 6) is 0.363. The van der Waals surface area contributed by atoms with Gasteiger partial charge >= 0.3 is 5.97 Å². The van der Waals surface area contributed by atoms with E-state index in [1.54, 1.807) is 45.0 Å². The average molecular weight is 327 g/mol. The first-order valence-corrected chi connectivity index (χ1v) is 7.80. The molecule has 0 unspecified atom stereocenters. The number of anilines is 1. The Labute approximate surface area is 141 Å². The van der Waals surface area contributed by atoms with Gasteiger partial charge in [-0.3, -0.25) is 9.59 Å². The van der Waals surface area contributed by atoms with Gasteiger partial charge < -0.3 is 14.8 Å². The lowest BCUT2D eigenvalue weighted by Gasteiger charge is -2.15. The van der Waals surface area contributed by atoms with Crippen molar-refractivity contribution in [3.8, 4) is 11.5 Å². The molecule has 1 atom stereocenters. The van der Waals surface area contributed by atoms with Crippen molar-refractivity contribution in [2.24, 2.45) is 5.92 Å². The number of ether oxygens (including phenoxy) is 2. The molecule has 1 amide bonds. The van der Waals surface area contributed by atoms with Gasteiger partial charge in [-0.25, -0.2) is 0 Å². The minimum absolute atomic E-state index is 0.269. The predicted octanol–water partition coefficient (Wildman–Crippen LogP) is 4.01. The second-order valence-electron chi connectivity index (χ2n) is 5.66. The molecule has 0 saturated carbocycles. The van der Waals surface area contributed by atoms with E-state index in [1.807, 2.05) is 30.3 Å². The lowest BCUT2D eigenvalue weighted by Crippen LogP contribution is -2.31. The van der Waals surface area contributed by atoms with Crippen LogP contribution in [0.4, 0.5) is 5.69 Å². The number of hydrogen-bond acceptors (Lipinski definition) is 4. The lowest BCUT2D eigenvalue weighted by molar-refractivity contribution is -0.156. The monoisotopic (exact) mass is 327 g/mol. The summed E-state index contributed by atoms with van der Waals surface area (Å²) in [4.78, 5) is 23.5. The zero-order chi connectivity index (χ0) is 17.5. The van der Waals surface area contributed by atoms with Crippen LogP contribution in [0.3, 0.4) is 0 Å². The Morgan fingerprint density at radius 3 is 2.04 bits per heavy atom. The summed E-state index contributed by atoms with van der Waals surface area (Å²) < 4.78 is 10.8. The number of hydrogen-bond donors (Lipinski definition) is 1. The van der Waals surface area contributed by atoms with Crippen LogP contribution in [0.1, 0.15) is 20.8 Å².